The second-order valence-electron chi connectivity index (χ2n) is 5.11. The van der Waals surface area contributed by atoms with Gasteiger partial charge in [0.25, 0.3) is 0 Å². The third-order valence-corrected chi connectivity index (χ3v) is 3.31. The number of halogens is 3. The number of nitriles is 1. The molecule has 1 rings (SSSR count). The molecule has 1 aromatic rings. The van der Waals surface area contributed by atoms with E-state index in [1.807, 2.05) is 6.07 Å². The Kier molecular flexibility index (Phi) is 5.79. The highest BCUT2D eigenvalue weighted by atomic mass is 19.4. The van der Waals surface area contributed by atoms with Gasteiger partial charge in [-0.2, -0.15) is 18.4 Å². The second kappa shape index (κ2) is 7.18. The highest BCUT2D eigenvalue weighted by Crippen LogP contribution is 2.33. The van der Waals surface area contributed by atoms with E-state index >= 15 is 0 Å². The molecule has 7 heteroatoms. The van der Waals surface area contributed by atoms with Crippen LogP contribution in [0.5, 0.6) is 0 Å². The molecule has 3 N–H and O–H groups in total. The van der Waals surface area contributed by atoms with Gasteiger partial charge in [-0.05, 0) is 38.0 Å². The number of hydrogen-bond donors (Lipinski definition) is 2. The number of allylic oxidation sites excluding steroid dienone is 4. The average Bonchev–Trinajstić information content (AvgIpc) is 2.47. The minimum atomic E-state index is -4.45. The molecule has 0 saturated carbocycles. The van der Waals surface area contributed by atoms with E-state index in [1.165, 1.54) is 13.8 Å². The van der Waals surface area contributed by atoms with Crippen molar-refractivity contribution < 1.29 is 13.2 Å². The fourth-order valence-electron chi connectivity index (χ4n) is 2.05. The van der Waals surface area contributed by atoms with Crippen molar-refractivity contribution in [1.82, 2.24) is 4.98 Å². The average molecular weight is 324 g/mol. The lowest BCUT2D eigenvalue weighted by atomic mass is 10.0. The second-order valence-corrected chi connectivity index (χ2v) is 5.11. The molecule has 0 aliphatic heterocycles. The van der Waals surface area contributed by atoms with Crippen LogP contribution in [0.1, 0.15) is 38.6 Å². The molecule has 0 saturated heterocycles. The molecule has 1 heterocycles. The Morgan fingerprint density at radius 3 is 2.43 bits per heavy atom. The molecule has 0 aliphatic carbocycles. The number of alkyl halides is 3. The van der Waals surface area contributed by atoms with Crippen LogP contribution >= 0.6 is 0 Å². The topological polar surface area (TPSA) is 74.7 Å². The van der Waals surface area contributed by atoms with Gasteiger partial charge in [0.2, 0.25) is 0 Å². The van der Waals surface area contributed by atoms with Gasteiger partial charge in [-0.1, -0.05) is 12.5 Å². The Morgan fingerprint density at radius 2 is 2.04 bits per heavy atom. The van der Waals surface area contributed by atoms with Crippen molar-refractivity contribution in [3.63, 3.8) is 0 Å². The van der Waals surface area contributed by atoms with Gasteiger partial charge in [-0.3, -0.25) is 0 Å². The molecule has 0 aromatic carbocycles. The summed E-state index contributed by atoms with van der Waals surface area (Å²) in [5.41, 5.74) is 6.52. The van der Waals surface area contributed by atoms with Gasteiger partial charge in [0, 0.05) is 7.05 Å². The van der Waals surface area contributed by atoms with Gasteiger partial charge in [-0.25, -0.2) is 4.98 Å². The number of pyridine rings is 1. The van der Waals surface area contributed by atoms with E-state index in [0.29, 0.717) is 23.4 Å². The number of nitrogen functional groups attached to an aromatic ring is 1. The van der Waals surface area contributed by atoms with Crippen molar-refractivity contribution in [3.05, 3.63) is 34.7 Å². The molecule has 0 atom stereocenters. The van der Waals surface area contributed by atoms with Crippen LogP contribution in [-0.2, 0) is 0 Å². The van der Waals surface area contributed by atoms with Crippen molar-refractivity contribution in [1.29, 1.82) is 5.26 Å². The maximum atomic E-state index is 13.1. The van der Waals surface area contributed by atoms with Gasteiger partial charge < -0.3 is 11.1 Å². The van der Waals surface area contributed by atoms with Crippen LogP contribution in [0.4, 0.5) is 24.5 Å². The maximum absolute atomic E-state index is 13.1. The van der Waals surface area contributed by atoms with Gasteiger partial charge in [0.15, 0.2) is 5.69 Å². The molecule has 23 heavy (non-hydrogen) atoms. The van der Waals surface area contributed by atoms with E-state index in [9.17, 15) is 13.2 Å². The lowest BCUT2D eigenvalue weighted by molar-refractivity contribution is -0.0889. The molecule has 1 aromatic heterocycles. The molecule has 0 radical (unpaired) electrons. The third kappa shape index (κ3) is 4.25. The van der Waals surface area contributed by atoms with Crippen molar-refractivity contribution >= 4 is 16.9 Å². The fourth-order valence-corrected chi connectivity index (χ4v) is 2.05. The summed E-state index contributed by atoms with van der Waals surface area (Å²) in [6.07, 6.45) is -3.04. The number of nitrogens with two attached hydrogens (primary N) is 1. The summed E-state index contributed by atoms with van der Waals surface area (Å²) in [5, 5.41) is 11.9. The van der Waals surface area contributed by atoms with Crippen LogP contribution in [0.25, 0.3) is 5.57 Å². The van der Waals surface area contributed by atoms with Crippen LogP contribution < -0.4 is 11.1 Å². The summed E-state index contributed by atoms with van der Waals surface area (Å²) < 4.78 is 39.4. The molecular weight excluding hydrogens is 305 g/mol. The van der Waals surface area contributed by atoms with Crippen LogP contribution in [0, 0.1) is 11.3 Å². The standard InChI is InChI=1S/C16H19F3N4/c1-5-10(6-11(9(2)3)16(17,18)19)12-7-13(22-4)15(21)14(8-20)23-12/h6-7H,5,21H2,1-4H3,(H,22,23)/b10-6+. The van der Waals surface area contributed by atoms with Gasteiger partial charge in [-0.15, -0.1) is 0 Å². The number of aromatic nitrogens is 1. The van der Waals surface area contributed by atoms with Gasteiger partial charge >= 0.3 is 6.18 Å². The van der Waals surface area contributed by atoms with Crippen molar-refractivity contribution in [2.24, 2.45) is 0 Å². The first-order valence-corrected chi connectivity index (χ1v) is 6.99. The summed E-state index contributed by atoms with van der Waals surface area (Å²) in [4.78, 5) is 4.08. The number of nitrogens with zero attached hydrogens (tertiary/aromatic N) is 2. The summed E-state index contributed by atoms with van der Waals surface area (Å²) in [7, 11) is 1.61. The zero-order valence-corrected chi connectivity index (χ0v) is 13.5. The Balaban J connectivity index is 3.56. The first-order chi connectivity index (χ1) is 10.6. The first kappa shape index (κ1) is 18.6. The van der Waals surface area contributed by atoms with Crippen molar-refractivity contribution in [2.75, 3.05) is 18.1 Å². The van der Waals surface area contributed by atoms with Crippen LogP contribution in [0.15, 0.2) is 23.3 Å². The molecule has 124 valence electrons. The number of hydrogen-bond acceptors (Lipinski definition) is 4. The van der Waals surface area contributed by atoms with E-state index in [2.05, 4.69) is 10.3 Å². The quantitative estimate of drug-likeness (QED) is 0.811. The predicted molar refractivity (Wildman–Crippen MR) is 85.6 cm³/mol. The predicted octanol–water partition coefficient (Wildman–Crippen LogP) is 4.27. The molecule has 0 bridgehead atoms. The molecule has 0 unspecified atom stereocenters. The Labute approximate surface area is 133 Å². The summed E-state index contributed by atoms with van der Waals surface area (Å²) in [5.74, 6) is 0. The van der Waals surface area contributed by atoms with Crippen LogP contribution in [-0.4, -0.2) is 18.2 Å². The Morgan fingerprint density at radius 1 is 1.43 bits per heavy atom. The Hall–Kier alpha value is -2.49. The van der Waals surface area contributed by atoms with E-state index < -0.39 is 11.7 Å². The van der Waals surface area contributed by atoms with E-state index in [-0.39, 0.29) is 17.0 Å². The monoisotopic (exact) mass is 324 g/mol. The van der Waals surface area contributed by atoms with E-state index in [0.717, 1.165) is 6.08 Å². The lowest BCUT2D eigenvalue weighted by Gasteiger charge is -2.14. The Bertz CT molecular complexity index is 691. The molecule has 0 spiro atoms. The summed E-state index contributed by atoms with van der Waals surface area (Å²) in [6, 6.07) is 3.40. The zero-order valence-electron chi connectivity index (χ0n) is 13.5. The number of rotatable bonds is 4. The minimum absolute atomic E-state index is 0.0167. The molecule has 0 aliphatic rings. The highest BCUT2D eigenvalue weighted by molar-refractivity contribution is 5.77. The van der Waals surface area contributed by atoms with Gasteiger partial charge in [0.05, 0.1) is 22.6 Å². The van der Waals surface area contributed by atoms with Crippen LogP contribution in [0.3, 0.4) is 0 Å². The smallest absolute Gasteiger partial charge is 0.395 e. The molecular formula is C16H19F3N4. The van der Waals surface area contributed by atoms with Gasteiger partial charge in [0.1, 0.15) is 6.07 Å². The largest absolute Gasteiger partial charge is 0.416 e. The SMILES string of the molecule is CC/C(=C\C(=C(C)C)C(F)(F)F)c1cc(NC)c(N)c(C#N)n1. The van der Waals surface area contributed by atoms with Crippen molar-refractivity contribution in [3.8, 4) is 6.07 Å². The highest BCUT2D eigenvalue weighted by Gasteiger charge is 2.33. The summed E-state index contributed by atoms with van der Waals surface area (Å²) >= 11 is 0. The normalized spacial score (nSPS) is 11.8. The van der Waals surface area contributed by atoms with E-state index in [4.69, 9.17) is 11.0 Å². The lowest BCUT2D eigenvalue weighted by Crippen LogP contribution is -2.12. The first-order valence-electron chi connectivity index (χ1n) is 6.99. The zero-order chi connectivity index (χ0) is 17.8. The summed E-state index contributed by atoms with van der Waals surface area (Å²) in [6.45, 7) is 4.54. The minimum Gasteiger partial charge on any atom is -0.395 e. The maximum Gasteiger partial charge on any atom is 0.416 e. The van der Waals surface area contributed by atoms with E-state index in [1.54, 1.807) is 20.0 Å². The van der Waals surface area contributed by atoms with Crippen LogP contribution in [0.2, 0.25) is 0 Å². The van der Waals surface area contributed by atoms with Crippen molar-refractivity contribution in [2.45, 2.75) is 33.4 Å². The fraction of sp³-hybridized carbons (Fsp3) is 0.375. The number of anilines is 2. The number of nitrogens with one attached hydrogen (secondary N) is 1. The molecule has 0 fully saturated rings. The third-order valence-electron chi connectivity index (χ3n) is 3.31. The molecule has 0 amide bonds. The molecule has 4 nitrogen and oxygen atoms in total.